The van der Waals surface area contributed by atoms with E-state index >= 15 is 0 Å². The van der Waals surface area contributed by atoms with Gasteiger partial charge in [-0.25, -0.2) is 9.10 Å². The Kier molecular flexibility index (Phi) is 9.94. The number of carbonyl (C=O) groups excluding carboxylic acids is 4. The first kappa shape index (κ1) is 33.0. The predicted octanol–water partition coefficient (Wildman–Crippen LogP) is 6.19. The standard InChI is InChI=1S/C35H47N5O4S/c1-6-40(34(2,3)4)45-22-24-8-7-9-27(20-24)36-33(44)38-18-14-25(15-19-38)26-10-11-29(28(21-26)35(5)16-17-35)39(23-41)30-12-13-31(42)37-32(30)43/h7-11,20-21,23,25,30H,6,12-19,22H2,1-5H3,(H,36,44)(H,37,42,43). The molecule has 9 nitrogen and oxygen atoms in total. The van der Waals surface area contributed by atoms with Gasteiger partial charge >= 0.3 is 6.03 Å². The Hall–Kier alpha value is -3.37. The molecule has 1 saturated carbocycles. The first-order valence-corrected chi connectivity index (χ1v) is 17.1. The molecule has 242 valence electrons. The van der Waals surface area contributed by atoms with Crippen molar-refractivity contribution in [3.05, 3.63) is 59.2 Å². The highest BCUT2D eigenvalue weighted by molar-refractivity contribution is 7.96. The molecular weight excluding hydrogens is 586 g/mol. The van der Waals surface area contributed by atoms with Crippen molar-refractivity contribution in [1.82, 2.24) is 14.5 Å². The molecule has 2 heterocycles. The number of hydrogen-bond donors (Lipinski definition) is 2. The van der Waals surface area contributed by atoms with Gasteiger partial charge in [-0.3, -0.25) is 19.7 Å². The monoisotopic (exact) mass is 633 g/mol. The number of benzene rings is 2. The summed E-state index contributed by atoms with van der Waals surface area (Å²) in [4.78, 5) is 53.2. The molecule has 1 aliphatic carbocycles. The van der Waals surface area contributed by atoms with Crippen LogP contribution in [0.2, 0.25) is 0 Å². The van der Waals surface area contributed by atoms with E-state index in [4.69, 9.17) is 0 Å². The van der Waals surface area contributed by atoms with Crippen LogP contribution >= 0.6 is 11.9 Å². The van der Waals surface area contributed by atoms with Gasteiger partial charge in [-0.05, 0) is 99.1 Å². The fourth-order valence-electron chi connectivity index (χ4n) is 6.49. The maximum absolute atomic E-state index is 13.2. The highest BCUT2D eigenvalue weighted by Crippen LogP contribution is 2.52. The van der Waals surface area contributed by atoms with Crippen molar-refractivity contribution >= 4 is 47.6 Å². The molecule has 3 aliphatic rings. The van der Waals surface area contributed by atoms with Crippen LogP contribution in [-0.4, -0.2) is 64.7 Å². The molecule has 5 amide bonds. The van der Waals surface area contributed by atoms with Crippen LogP contribution in [0.4, 0.5) is 16.2 Å². The lowest BCUT2D eigenvalue weighted by Gasteiger charge is -2.34. The van der Waals surface area contributed by atoms with E-state index in [0.717, 1.165) is 61.3 Å². The topological polar surface area (TPSA) is 102 Å². The van der Waals surface area contributed by atoms with Crippen molar-refractivity contribution < 1.29 is 19.2 Å². The van der Waals surface area contributed by atoms with Gasteiger partial charge in [0, 0.05) is 48.7 Å². The summed E-state index contributed by atoms with van der Waals surface area (Å²) < 4.78 is 2.38. The minimum absolute atomic E-state index is 0.0389. The third kappa shape index (κ3) is 7.72. The van der Waals surface area contributed by atoms with Gasteiger partial charge in [0.05, 0.1) is 0 Å². The molecule has 0 aromatic heterocycles. The molecule has 2 N–H and O–H groups in total. The first-order chi connectivity index (χ1) is 21.4. The average Bonchev–Trinajstić information content (AvgIpc) is 3.76. The van der Waals surface area contributed by atoms with Crippen LogP contribution in [0.15, 0.2) is 42.5 Å². The van der Waals surface area contributed by atoms with Crippen molar-refractivity contribution in [2.75, 3.05) is 29.9 Å². The second kappa shape index (κ2) is 13.5. The van der Waals surface area contributed by atoms with Crippen molar-refractivity contribution in [1.29, 1.82) is 0 Å². The van der Waals surface area contributed by atoms with Gasteiger partial charge in [0.1, 0.15) is 6.04 Å². The van der Waals surface area contributed by atoms with Gasteiger partial charge in [0.15, 0.2) is 0 Å². The number of amides is 5. The maximum atomic E-state index is 13.2. The number of nitrogens with zero attached hydrogens (tertiary/aromatic N) is 3. The molecule has 2 aliphatic heterocycles. The molecule has 0 radical (unpaired) electrons. The normalized spacial score (nSPS) is 20.1. The lowest BCUT2D eigenvalue weighted by Crippen LogP contribution is -2.52. The molecule has 2 aromatic carbocycles. The van der Waals surface area contributed by atoms with Crippen LogP contribution in [0.3, 0.4) is 0 Å². The lowest BCUT2D eigenvalue weighted by molar-refractivity contribution is -0.134. The predicted molar refractivity (Wildman–Crippen MR) is 180 cm³/mol. The second-order valence-corrected chi connectivity index (χ2v) is 14.8. The highest BCUT2D eigenvalue weighted by Gasteiger charge is 2.43. The van der Waals surface area contributed by atoms with E-state index in [1.165, 1.54) is 16.0 Å². The van der Waals surface area contributed by atoms with Gasteiger partial charge in [-0.15, -0.1) is 0 Å². The fourth-order valence-corrected chi connectivity index (χ4v) is 7.54. The average molecular weight is 634 g/mol. The number of likely N-dealkylation sites (tertiary alicyclic amines) is 1. The Labute approximate surface area is 271 Å². The molecule has 0 bridgehead atoms. The largest absolute Gasteiger partial charge is 0.324 e. The lowest BCUT2D eigenvalue weighted by atomic mass is 9.85. The van der Waals surface area contributed by atoms with Crippen LogP contribution in [0.1, 0.15) is 95.8 Å². The third-order valence-corrected chi connectivity index (χ3v) is 11.0. The van der Waals surface area contributed by atoms with Gasteiger partial charge in [-0.1, -0.05) is 50.1 Å². The summed E-state index contributed by atoms with van der Waals surface area (Å²) in [5.74, 6) is 0.427. The number of hydrogen-bond acceptors (Lipinski definition) is 6. The zero-order chi connectivity index (χ0) is 32.4. The Morgan fingerprint density at radius 3 is 2.47 bits per heavy atom. The molecule has 10 heteroatoms. The minimum atomic E-state index is -0.692. The van der Waals surface area contributed by atoms with Gasteiger partial charge in [0.25, 0.3) is 0 Å². The highest BCUT2D eigenvalue weighted by atomic mass is 32.2. The molecule has 2 saturated heterocycles. The third-order valence-electron chi connectivity index (χ3n) is 9.46. The van der Waals surface area contributed by atoms with E-state index in [-0.39, 0.29) is 29.3 Å². The Morgan fingerprint density at radius 2 is 1.84 bits per heavy atom. The fraction of sp³-hybridized carbons (Fsp3) is 0.543. The van der Waals surface area contributed by atoms with Gasteiger partial charge in [-0.2, -0.15) is 0 Å². The zero-order valence-corrected chi connectivity index (χ0v) is 28.0. The van der Waals surface area contributed by atoms with Crippen molar-refractivity contribution in [2.24, 2.45) is 0 Å². The Morgan fingerprint density at radius 1 is 1.11 bits per heavy atom. The van der Waals surface area contributed by atoms with E-state index in [2.05, 4.69) is 73.8 Å². The number of piperidine rings is 2. The molecule has 5 rings (SSSR count). The summed E-state index contributed by atoms with van der Waals surface area (Å²) in [6.45, 7) is 13.3. The first-order valence-electron chi connectivity index (χ1n) is 16.2. The summed E-state index contributed by atoms with van der Waals surface area (Å²) in [6, 6.07) is 13.6. The van der Waals surface area contributed by atoms with Crippen molar-refractivity contribution in [2.45, 2.75) is 102 Å². The van der Waals surface area contributed by atoms with Crippen molar-refractivity contribution in [3.8, 4) is 0 Å². The number of urea groups is 1. The summed E-state index contributed by atoms with van der Waals surface area (Å²) >= 11 is 1.81. The smallest absolute Gasteiger partial charge is 0.321 e. The maximum Gasteiger partial charge on any atom is 0.321 e. The van der Waals surface area contributed by atoms with E-state index in [9.17, 15) is 19.2 Å². The van der Waals surface area contributed by atoms with E-state index in [1.807, 2.05) is 35.0 Å². The molecule has 1 atom stereocenters. The summed E-state index contributed by atoms with van der Waals surface area (Å²) in [6.07, 6.45) is 5.02. The molecular formula is C35H47N5O4S. The quantitative estimate of drug-likeness (QED) is 0.184. The minimum Gasteiger partial charge on any atom is -0.324 e. The SMILES string of the molecule is CCN(SCc1cccc(NC(=O)N2CCC(c3ccc(N(C=O)C4CCC(=O)NC4=O)c(C4(C)CC4)c3)CC2)c1)C(C)(C)C. The Bertz CT molecular complexity index is 1430. The summed E-state index contributed by atoms with van der Waals surface area (Å²) in [7, 11) is 0. The van der Waals surface area contributed by atoms with Crippen LogP contribution < -0.4 is 15.5 Å². The van der Waals surface area contributed by atoms with Crippen LogP contribution in [0.5, 0.6) is 0 Å². The number of rotatable bonds is 10. The molecule has 1 unspecified atom stereocenters. The number of nitrogens with one attached hydrogen (secondary N) is 2. The van der Waals surface area contributed by atoms with E-state index < -0.39 is 11.9 Å². The number of anilines is 2. The van der Waals surface area contributed by atoms with Gasteiger partial charge < -0.3 is 15.1 Å². The number of imide groups is 1. The summed E-state index contributed by atoms with van der Waals surface area (Å²) in [5.41, 5.74) is 5.07. The van der Waals surface area contributed by atoms with Crippen molar-refractivity contribution in [3.63, 3.8) is 0 Å². The number of carbonyl (C=O) groups is 4. The van der Waals surface area contributed by atoms with Gasteiger partial charge in [0.2, 0.25) is 18.2 Å². The van der Waals surface area contributed by atoms with Crippen LogP contribution in [0.25, 0.3) is 0 Å². The molecule has 3 fully saturated rings. The zero-order valence-electron chi connectivity index (χ0n) is 27.2. The van der Waals surface area contributed by atoms with Crippen LogP contribution in [0, 0.1) is 0 Å². The summed E-state index contributed by atoms with van der Waals surface area (Å²) in [5, 5.41) is 5.49. The molecule has 0 spiro atoms. The van der Waals surface area contributed by atoms with E-state index in [0.29, 0.717) is 25.4 Å². The molecule has 2 aromatic rings. The van der Waals surface area contributed by atoms with E-state index in [1.54, 1.807) is 0 Å². The van der Waals surface area contributed by atoms with Crippen LogP contribution in [-0.2, 0) is 25.6 Å². The Balaban J connectivity index is 1.21. The molecule has 45 heavy (non-hydrogen) atoms. The second-order valence-electron chi connectivity index (χ2n) is 13.8.